The fourth-order valence-corrected chi connectivity index (χ4v) is 4.26. The number of carbonyl (C=O) groups excluding carboxylic acids is 2. The second-order valence-electron chi connectivity index (χ2n) is 8.47. The van der Waals surface area contributed by atoms with E-state index >= 15 is 4.39 Å². The standard InChI is InChI=1S/C25H13BrF12N2O2/c1-40(21(42)12-5-2-3-7-16(12)27)17-8-4-6-13(18(17)28)20(41)39-19-14(23(30,31)32)9-11(10-15(19)26)22(29,24(33,34)35)25(36,37)38/h2-10H,1H3,(H,39,41). The number of hydrogen-bond acceptors (Lipinski definition) is 2. The molecule has 0 radical (unpaired) electrons. The molecule has 3 rings (SSSR count). The van der Waals surface area contributed by atoms with E-state index in [0.29, 0.717) is 4.90 Å². The fraction of sp³-hybridized carbons (Fsp3) is 0.200. The molecule has 17 heteroatoms. The van der Waals surface area contributed by atoms with Crippen LogP contribution in [0.15, 0.2) is 59.1 Å². The van der Waals surface area contributed by atoms with Gasteiger partial charge >= 0.3 is 24.2 Å². The molecule has 0 unspecified atom stereocenters. The molecular formula is C25H13BrF12N2O2. The molecule has 0 aromatic heterocycles. The van der Waals surface area contributed by atoms with Crippen LogP contribution < -0.4 is 10.2 Å². The third kappa shape index (κ3) is 5.91. The summed E-state index contributed by atoms with van der Waals surface area (Å²) in [6, 6.07) is 6.15. The van der Waals surface area contributed by atoms with Crippen LogP contribution in [0.2, 0.25) is 0 Å². The second kappa shape index (κ2) is 11.1. The first-order chi connectivity index (χ1) is 19.1. The van der Waals surface area contributed by atoms with Crippen LogP contribution >= 0.6 is 15.9 Å². The molecular weight excluding hydrogens is 668 g/mol. The van der Waals surface area contributed by atoms with E-state index in [4.69, 9.17) is 0 Å². The van der Waals surface area contributed by atoms with E-state index in [1.54, 1.807) is 5.32 Å². The number of benzene rings is 3. The second-order valence-corrected chi connectivity index (χ2v) is 9.32. The van der Waals surface area contributed by atoms with Gasteiger partial charge in [0.1, 0.15) is 5.82 Å². The van der Waals surface area contributed by atoms with Gasteiger partial charge in [0, 0.05) is 17.1 Å². The van der Waals surface area contributed by atoms with E-state index in [1.165, 1.54) is 12.1 Å². The van der Waals surface area contributed by atoms with Crippen molar-refractivity contribution in [1.82, 2.24) is 0 Å². The first-order valence-corrected chi connectivity index (χ1v) is 11.8. The maximum atomic E-state index is 15.3. The molecule has 0 bridgehead atoms. The smallest absolute Gasteiger partial charge is 0.320 e. The first kappa shape index (κ1) is 32.8. The van der Waals surface area contributed by atoms with Crippen LogP contribution in [-0.4, -0.2) is 31.2 Å². The first-order valence-electron chi connectivity index (χ1n) is 11.0. The molecule has 4 nitrogen and oxygen atoms in total. The number of alkyl halides is 10. The summed E-state index contributed by atoms with van der Waals surface area (Å²) < 4.78 is 163. The number of halogens is 13. The minimum absolute atomic E-state index is 0.264. The number of carbonyl (C=O) groups is 2. The number of hydrogen-bond donors (Lipinski definition) is 1. The number of rotatable bonds is 5. The Labute approximate surface area is 236 Å². The average molecular weight is 681 g/mol. The van der Waals surface area contributed by atoms with E-state index in [0.717, 1.165) is 37.4 Å². The number of amides is 2. The Balaban J connectivity index is 2.09. The molecule has 42 heavy (non-hydrogen) atoms. The summed E-state index contributed by atoms with van der Waals surface area (Å²) in [6.45, 7) is 0. The predicted molar refractivity (Wildman–Crippen MR) is 128 cm³/mol. The summed E-state index contributed by atoms with van der Waals surface area (Å²) in [7, 11) is 0.983. The van der Waals surface area contributed by atoms with Gasteiger partial charge in [0.2, 0.25) is 0 Å². The highest BCUT2D eigenvalue weighted by molar-refractivity contribution is 9.10. The number of anilines is 2. The van der Waals surface area contributed by atoms with Crippen molar-refractivity contribution >= 4 is 39.1 Å². The van der Waals surface area contributed by atoms with Crippen molar-refractivity contribution in [2.24, 2.45) is 0 Å². The van der Waals surface area contributed by atoms with Crippen molar-refractivity contribution in [2.75, 3.05) is 17.3 Å². The van der Waals surface area contributed by atoms with Gasteiger partial charge in [0.15, 0.2) is 5.82 Å². The number of nitrogens with zero attached hydrogens (tertiary/aromatic N) is 1. The van der Waals surface area contributed by atoms with Crippen LogP contribution in [0.5, 0.6) is 0 Å². The predicted octanol–water partition coefficient (Wildman–Crippen LogP) is 8.56. The van der Waals surface area contributed by atoms with Crippen LogP contribution in [0, 0.1) is 11.6 Å². The summed E-state index contributed by atoms with van der Waals surface area (Å²) >= 11 is 2.33. The van der Waals surface area contributed by atoms with Crippen LogP contribution in [0.25, 0.3) is 0 Å². The normalized spacial score (nSPS) is 12.7. The fourth-order valence-electron chi connectivity index (χ4n) is 3.70. The number of nitrogens with one attached hydrogen (secondary N) is 1. The third-order valence-electron chi connectivity index (χ3n) is 5.81. The largest absolute Gasteiger partial charge is 0.435 e. The highest BCUT2D eigenvalue weighted by Crippen LogP contribution is 2.55. The van der Waals surface area contributed by atoms with Gasteiger partial charge in [-0.1, -0.05) is 18.2 Å². The lowest BCUT2D eigenvalue weighted by Gasteiger charge is -2.31. The summed E-state index contributed by atoms with van der Waals surface area (Å²) in [5.41, 5.74) is -14.7. The molecule has 0 saturated carbocycles. The Hall–Kier alpha value is -3.76. The molecule has 1 N–H and O–H groups in total. The molecule has 0 fully saturated rings. The van der Waals surface area contributed by atoms with Gasteiger partial charge in [0.25, 0.3) is 11.8 Å². The molecule has 0 atom stereocenters. The van der Waals surface area contributed by atoms with Gasteiger partial charge < -0.3 is 10.2 Å². The molecule has 0 aliphatic rings. The van der Waals surface area contributed by atoms with E-state index in [1.807, 2.05) is 0 Å². The van der Waals surface area contributed by atoms with E-state index < -0.39 is 91.8 Å². The molecule has 0 saturated heterocycles. The van der Waals surface area contributed by atoms with Crippen molar-refractivity contribution in [3.63, 3.8) is 0 Å². The van der Waals surface area contributed by atoms with Crippen molar-refractivity contribution in [3.8, 4) is 0 Å². The summed E-state index contributed by atoms with van der Waals surface area (Å²) in [4.78, 5) is 26.0. The van der Waals surface area contributed by atoms with Crippen LogP contribution in [-0.2, 0) is 11.8 Å². The Bertz CT molecular complexity index is 1520. The van der Waals surface area contributed by atoms with Crippen LogP contribution in [0.1, 0.15) is 31.8 Å². The van der Waals surface area contributed by atoms with Gasteiger partial charge in [-0.3, -0.25) is 9.59 Å². The monoisotopic (exact) mass is 680 g/mol. The molecule has 0 aliphatic carbocycles. The lowest BCUT2D eigenvalue weighted by molar-refractivity contribution is -0.348. The lowest BCUT2D eigenvalue weighted by atomic mass is 9.92. The summed E-state index contributed by atoms with van der Waals surface area (Å²) in [5.74, 6) is -5.28. The van der Waals surface area contributed by atoms with Gasteiger partial charge in [-0.15, -0.1) is 0 Å². The summed E-state index contributed by atoms with van der Waals surface area (Å²) in [6.07, 6.45) is -19.2. The van der Waals surface area contributed by atoms with Crippen molar-refractivity contribution < 1.29 is 62.3 Å². The van der Waals surface area contributed by atoms with E-state index in [2.05, 4.69) is 15.9 Å². The van der Waals surface area contributed by atoms with Gasteiger partial charge in [0.05, 0.1) is 28.1 Å². The minimum atomic E-state index is -6.74. The molecule has 0 heterocycles. The zero-order chi connectivity index (χ0) is 32.0. The molecule has 226 valence electrons. The zero-order valence-corrected chi connectivity index (χ0v) is 22.0. The maximum Gasteiger partial charge on any atom is 0.435 e. The van der Waals surface area contributed by atoms with Crippen molar-refractivity contribution in [1.29, 1.82) is 0 Å². The molecule has 3 aromatic carbocycles. The maximum absolute atomic E-state index is 15.3. The van der Waals surface area contributed by atoms with Crippen molar-refractivity contribution in [2.45, 2.75) is 24.2 Å². The highest BCUT2D eigenvalue weighted by Gasteiger charge is 2.73. The van der Waals surface area contributed by atoms with Crippen LogP contribution in [0.3, 0.4) is 0 Å². The third-order valence-corrected chi connectivity index (χ3v) is 6.43. The molecule has 0 aliphatic heterocycles. The molecule has 0 spiro atoms. The van der Waals surface area contributed by atoms with E-state index in [9.17, 15) is 57.9 Å². The van der Waals surface area contributed by atoms with Gasteiger partial charge in [-0.25, -0.2) is 13.2 Å². The Morgan fingerprint density at radius 1 is 0.786 bits per heavy atom. The minimum Gasteiger partial charge on any atom is -0.320 e. The average Bonchev–Trinajstić information content (AvgIpc) is 2.86. The SMILES string of the molecule is CN(C(=O)c1ccccc1F)c1cccc(C(=O)Nc2c(Br)cc(C(F)(C(F)(F)F)C(F)(F)F)cc2C(F)(F)F)c1F. The molecule has 2 amide bonds. The summed E-state index contributed by atoms with van der Waals surface area (Å²) in [5, 5.41) is 1.54. The van der Waals surface area contributed by atoms with Gasteiger partial charge in [-0.2, -0.15) is 39.5 Å². The van der Waals surface area contributed by atoms with E-state index in [-0.39, 0.29) is 6.07 Å². The quantitative estimate of drug-likeness (QED) is 0.275. The van der Waals surface area contributed by atoms with Crippen LogP contribution in [0.4, 0.5) is 64.1 Å². The topological polar surface area (TPSA) is 49.4 Å². The lowest BCUT2D eigenvalue weighted by Crippen LogP contribution is -2.50. The molecule has 3 aromatic rings. The highest BCUT2D eigenvalue weighted by atomic mass is 79.9. The Kier molecular flexibility index (Phi) is 8.69. The van der Waals surface area contributed by atoms with Gasteiger partial charge in [-0.05, 0) is 52.3 Å². The van der Waals surface area contributed by atoms with Crippen molar-refractivity contribution in [3.05, 3.63) is 93.0 Å². The Morgan fingerprint density at radius 2 is 1.33 bits per heavy atom. The Morgan fingerprint density at radius 3 is 1.86 bits per heavy atom. The zero-order valence-electron chi connectivity index (χ0n) is 20.4.